The Bertz CT molecular complexity index is 288. The summed E-state index contributed by atoms with van der Waals surface area (Å²) in [5.41, 5.74) is 0.129. The SMILES string of the molecule is CC#CC(=O)N1CC2(CC(F)C2)C1. The summed E-state index contributed by atoms with van der Waals surface area (Å²) in [6.45, 7) is 3.07. The van der Waals surface area contributed by atoms with Crippen molar-refractivity contribution in [3.63, 3.8) is 0 Å². The molecule has 0 aromatic carbocycles. The van der Waals surface area contributed by atoms with Crippen molar-refractivity contribution in [2.75, 3.05) is 13.1 Å². The summed E-state index contributed by atoms with van der Waals surface area (Å²) in [6, 6.07) is 0. The smallest absolute Gasteiger partial charge is 0.298 e. The van der Waals surface area contributed by atoms with Crippen LogP contribution in [0.4, 0.5) is 4.39 Å². The Morgan fingerprint density at radius 1 is 1.54 bits per heavy atom. The Hall–Kier alpha value is -1.04. The number of amides is 1. The number of carbonyl (C=O) groups excluding carboxylic acids is 1. The number of hydrogen-bond acceptors (Lipinski definition) is 1. The van der Waals surface area contributed by atoms with Crippen molar-refractivity contribution in [3.05, 3.63) is 0 Å². The Balaban J connectivity index is 1.84. The molecule has 0 N–H and O–H groups in total. The highest BCUT2D eigenvalue weighted by Gasteiger charge is 2.53. The highest BCUT2D eigenvalue weighted by Crippen LogP contribution is 2.49. The van der Waals surface area contributed by atoms with Gasteiger partial charge in [-0.05, 0) is 25.7 Å². The lowest BCUT2D eigenvalue weighted by Crippen LogP contribution is -2.64. The van der Waals surface area contributed by atoms with E-state index in [2.05, 4.69) is 11.8 Å². The maximum absolute atomic E-state index is 12.6. The maximum atomic E-state index is 12.6. The molecule has 1 aliphatic heterocycles. The zero-order valence-electron chi connectivity index (χ0n) is 7.64. The topological polar surface area (TPSA) is 20.3 Å². The van der Waals surface area contributed by atoms with Crippen molar-refractivity contribution >= 4 is 5.91 Å². The molecule has 2 nitrogen and oxygen atoms in total. The lowest BCUT2D eigenvalue weighted by molar-refractivity contribution is -0.150. The summed E-state index contributed by atoms with van der Waals surface area (Å²) in [5, 5.41) is 0. The molecule has 0 unspecified atom stereocenters. The molecule has 0 bridgehead atoms. The molecule has 2 fully saturated rings. The van der Waals surface area contributed by atoms with E-state index in [9.17, 15) is 9.18 Å². The highest BCUT2D eigenvalue weighted by molar-refractivity contribution is 5.94. The summed E-state index contributed by atoms with van der Waals surface area (Å²) < 4.78 is 12.6. The number of halogens is 1. The molecule has 1 spiro atoms. The highest BCUT2D eigenvalue weighted by atomic mass is 19.1. The third-order valence-electron chi connectivity index (χ3n) is 2.88. The third-order valence-corrected chi connectivity index (χ3v) is 2.88. The van der Waals surface area contributed by atoms with Crippen molar-refractivity contribution in [1.29, 1.82) is 0 Å². The van der Waals surface area contributed by atoms with Gasteiger partial charge in [-0.25, -0.2) is 4.39 Å². The molecule has 1 aliphatic carbocycles. The summed E-state index contributed by atoms with van der Waals surface area (Å²) in [6.07, 6.45) is 0.640. The van der Waals surface area contributed by atoms with Crippen LogP contribution in [-0.4, -0.2) is 30.1 Å². The van der Waals surface area contributed by atoms with Crippen LogP contribution >= 0.6 is 0 Å². The van der Waals surface area contributed by atoms with Crippen LogP contribution < -0.4 is 0 Å². The van der Waals surface area contributed by atoms with Gasteiger partial charge in [0, 0.05) is 18.5 Å². The van der Waals surface area contributed by atoms with Crippen LogP contribution in [0.2, 0.25) is 0 Å². The third kappa shape index (κ3) is 1.31. The quantitative estimate of drug-likeness (QED) is 0.510. The van der Waals surface area contributed by atoms with Gasteiger partial charge in [0.25, 0.3) is 5.91 Å². The molecular formula is C10H12FNO. The molecule has 13 heavy (non-hydrogen) atoms. The Morgan fingerprint density at radius 3 is 2.62 bits per heavy atom. The minimum absolute atomic E-state index is 0.115. The average Bonchev–Trinajstić information content (AvgIpc) is 1.94. The molecule has 3 heteroatoms. The van der Waals surface area contributed by atoms with Gasteiger partial charge in [0.05, 0.1) is 0 Å². The number of likely N-dealkylation sites (tertiary alicyclic amines) is 1. The molecule has 1 saturated carbocycles. The fourth-order valence-corrected chi connectivity index (χ4v) is 2.23. The van der Waals surface area contributed by atoms with Gasteiger partial charge in [-0.15, -0.1) is 0 Å². The normalized spacial score (nSPS) is 24.3. The first-order valence-electron chi connectivity index (χ1n) is 4.51. The number of alkyl halides is 1. The van der Waals surface area contributed by atoms with Crippen molar-refractivity contribution in [2.45, 2.75) is 25.9 Å². The first-order chi connectivity index (χ1) is 6.15. The van der Waals surface area contributed by atoms with Crippen LogP contribution in [0, 0.1) is 17.3 Å². The Kier molecular flexibility index (Phi) is 1.80. The lowest BCUT2D eigenvalue weighted by atomic mass is 9.62. The van der Waals surface area contributed by atoms with Crippen molar-refractivity contribution in [3.8, 4) is 11.8 Å². The Morgan fingerprint density at radius 2 is 2.15 bits per heavy atom. The average molecular weight is 181 g/mol. The second kappa shape index (κ2) is 2.73. The van der Waals surface area contributed by atoms with Gasteiger partial charge < -0.3 is 4.90 Å². The van der Waals surface area contributed by atoms with Crippen molar-refractivity contribution in [1.82, 2.24) is 4.90 Å². The van der Waals surface area contributed by atoms with Gasteiger partial charge in [0.2, 0.25) is 0 Å². The molecule has 0 aromatic heterocycles. The molecule has 1 heterocycles. The second-order valence-electron chi connectivity index (χ2n) is 4.04. The first-order valence-corrected chi connectivity index (χ1v) is 4.51. The summed E-state index contributed by atoms with van der Waals surface area (Å²) in [7, 11) is 0. The van der Waals surface area contributed by atoms with Crippen molar-refractivity contribution < 1.29 is 9.18 Å². The van der Waals surface area contributed by atoms with Crippen LogP contribution in [0.3, 0.4) is 0 Å². The van der Waals surface area contributed by atoms with Crippen LogP contribution in [0.25, 0.3) is 0 Å². The van der Waals surface area contributed by atoms with E-state index in [4.69, 9.17) is 0 Å². The van der Waals surface area contributed by atoms with Crippen LogP contribution in [0.5, 0.6) is 0 Å². The molecule has 70 valence electrons. The van der Waals surface area contributed by atoms with Gasteiger partial charge >= 0.3 is 0 Å². The zero-order valence-corrected chi connectivity index (χ0v) is 7.64. The van der Waals surface area contributed by atoms with Crippen molar-refractivity contribution in [2.24, 2.45) is 5.41 Å². The molecule has 0 aromatic rings. The van der Waals surface area contributed by atoms with Crippen LogP contribution in [0.1, 0.15) is 19.8 Å². The minimum Gasteiger partial charge on any atom is -0.331 e. The first kappa shape index (κ1) is 8.55. The number of nitrogens with zero attached hydrogens (tertiary/aromatic N) is 1. The molecule has 0 atom stereocenters. The van der Waals surface area contributed by atoms with Gasteiger partial charge in [-0.3, -0.25) is 4.79 Å². The maximum Gasteiger partial charge on any atom is 0.298 e. The fraction of sp³-hybridized carbons (Fsp3) is 0.700. The van der Waals surface area contributed by atoms with Crippen LogP contribution in [-0.2, 0) is 4.79 Å². The van der Waals surface area contributed by atoms with E-state index in [0.717, 1.165) is 0 Å². The van der Waals surface area contributed by atoms with E-state index in [-0.39, 0.29) is 11.3 Å². The van der Waals surface area contributed by atoms with Crippen LogP contribution in [0.15, 0.2) is 0 Å². The molecule has 0 radical (unpaired) electrons. The summed E-state index contributed by atoms with van der Waals surface area (Å²) >= 11 is 0. The Labute approximate surface area is 77.1 Å². The number of hydrogen-bond donors (Lipinski definition) is 0. The van der Waals surface area contributed by atoms with E-state index in [1.807, 2.05) is 0 Å². The standard InChI is InChI=1S/C10H12FNO/c1-2-3-9(13)12-6-10(7-12)4-8(11)5-10/h8H,4-7H2,1H3. The molecule has 2 aliphatic rings. The zero-order chi connectivity index (χ0) is 9.47. The molecular weight excluding hydrogens is 169 g/mol. The van der Waals surface area contributed by atoms with E-state index in [1.165, 1.54) is 0 Å². The molecule has 1 amide bonds. The van der Waals surface area contributed by atoms with E-state index >= 15 is 0 Å². The second-order valence-corrected chi connectivity index (χ2v) is 4.04. The predicted molar refractivity (Wildman–Crippen MR) is 46.6 cm³/mol. The van der Waals surface area contributed by atoms with E-state index < -0.39 is 6.17 Å². The minimum atomic E-state index is -0.630. The number of rotatable bonds is 0. The predicted octanol–water partition coefficient (Wildman–Crippen LogP) is 0.970. The van der Waals surface area contributed by atoms with Gasteiger partial charge in [-0.1, -0.05) is 5.92 Å². The molecule has 1 saturated heterocycles. The lowest BCUT2D eigenvalue weighted by Gasteiger charge is -2.56. The summed E-state index contributed by atoms with van der Waals surface area (Å²) in [4.78, 5) is 12.9. The van der Waals surface area contributed by atoms with E-state index in [1.54, 1.807) is 11.8 Å². The van der Waals surface area contributed by atoms with Gasteiger partial charge in [0.1, 0.15) is 6.17 Å². The van der Waals surface area contributed by atoms with Gasteiger partial charge in [-0.2, -0.15) is 0 Å². The van der Waals surface area contributed by atoms with Gasteiger partial charge in [0.15, 0.2) is 0 Å². The van der Waals surface area contributed by atoms with E-state index in [0.29, 0.717) is 25.9 Å². The summed E-state index contributed by atoms with van der Waals surface area (Å²) in [5.74, 6) is 4.95. The fourth-order valence-electron chi connectivity index (χ4n) is 2.23. The molecule has 2 rings (SSSR count). The monoisotopic (exact) mass is 181 g/mol. The number of carbonyl (C=O) groups is 1. The largest absolute Gasteiger partial charge is 0.331 e.